The number of fused-ring (bicyclic) bond motifs is 3. The summed E-state index contributed by atoms with van der Waals surface area (Å²) in [6.45, 7) is 4.40. The molecule has 0 saturated carbocycles. The Hall–Kier alpha value is -3.21. The van der Waals surface area contributed by atoms with Crippen molar-refractivity contribution in [3.63, 3.8) is 0 Å². The van der Waals surface area contributed by atoms with Gasteiger partial charge >= 0.3 is 5.97 Å². The Labute approximate surface area is 169 Å². The number of nitrogens with zero attached hydrogens (tertiary/aromatic N) is 3. The highest BCUT2D eigenvalue weighted by Gasteiger charge is 2.26. The van der Waals surface area contributed by atoms with E-state index in [9.17, 15) is 4.79 Å². The number of benzene rings is 1. The molecule has 5 nitrogen and oxygen atoms in total. The highest BCUT2D eigenvalue weighted by atomic mass is 16.5. The predicted molar refractivity (Wildman–Crippen MR) is 112 cm³/mol. The van der Waals surface area contributed by atoms with Crippen LogP contribution in [0, 0.1) is 12.8 Å². The number of carbonyl (C=O) groups is 1. The lowest BCUT2D eigenvalue weighted by Gasteiger charge is -2.24. The Balaban J connectivity index is 1.50. The fraction of sp³-hybridized carbons (Fsp3) is 0.292. The smallest absolute Gasteiger partial charge is 0.339 e. The number of pyridine rings is 2. The van der Waals surface area contributed by atoms with Gasteiger partial charge in [-0.05, 0) is 55.4 Å². The maximum Gasteiger partial charge on any atom is 0.339 e. The number of para-hydroxylation sites is 1. The molecule has 3 aromatic heterocycles. The SMILES string of the molecule is Cc1cccn2cc(COC(=O)c3c4c(nc5ccccc35)CCC(C)C4)nc12. The van der Waals surface area contributed by atoms with E-state index in [2.05, 4.69) is 11.9 Å². The van der Waals surface area contributed by atoms with E-state index < -0.39 is 0 Å². The van der Waals surface area contributed by atoms with Crippen LogP contribution in [0.5, 0.6) is 0 Å². The molecular weight excluding hydrogens is 362 g/mol. The standard InChI is InChI=1S/C24H23N3O2/c1-15-9-10-21-19(12-15)22(18-7-3-4-8-20(18)26-21)24(28)29-14-17-13-27-11-5-6-16(2)23(27)25-17/h3-8,11,13,15H,9-10,12,14H2,1-2H3. The number of hydrogen-bond acceptors (Lipinski definition) is 4. The minimum absolute atomic E-state index is 0.154. The number of imidazole rings is 1. The van der Waals surface area contributed by atoms with Crippen molar-refractivity contribution in [3.05, 3.63) is 76.9 Å². The second kappa shape index (κ2) is 6.99. The minimum atomic E-state index is -0.289. The van der Waals surface area contributed by atoms with Crippen LogP contribution in [0.2, 0.25) is 0 Å². The number of aryl methyl sites for hydroxylation is 2. The van der Waals surface area contributed by atoms with Gasteiger partial charge in [0.1, 0.15) is 12.3 Å². The average Bonchev–Trinajstić information content (AvgIpc) is 3.15. The first-order valence-corrected chi connectivity index (χ1v) is 10.1. The van der Waals surface area contributed by atoms with Crippen molar-refractivity contribution in [1.29, 1.82) is 0 Å². The van der Waals surface area contributed by atoms with Crippen molar-refractivity contribution in [2.45, 2.75) is 39.7 Å². The van der Waals surface area contributed by atoms with Crippen molar-refractivity contribution in [3.8, 4) is 0 Å². The molecule has 0 bridgehead atoms. The van der Waals surface area contributed by atoms with Gasteiger partial charge in [-0.25, -0.2) is 9.78 Å². The number of aromatic nitrogens is 3. The van der Waals surface area contributed by atoms with Gasteiger partial charge in [0.05, 0.1) is 16.8 Å². The molecule has 4 aromatic rings. The van der Waals surface area contributed by atoms with Crippen LogP contribution in [0.25, 0.3) is 16.6 Å². The molecule has 1 aliphatic rings. The van der Waals surface area contributed by atoms with Gasteiger partial charge in [0, 0.05) is 23.5 Å². The number of esters is 1. The summed E-state index contributed by atoms with van der Waals surface area (Å²) in [7, 11) is 0. The normalized spacial score (nSPS) is 16.1. The van der Waals surface area contributed by atoms with E-state index in [1.54, 1.807) is 0 Å². The Morgan fingerprint density at radius 3 is 2.93 bits per heavy atom. The largest absolute Gasteiger partial charge is 0.455 e. The quantitative estimate of drug-likeness (QED) is 0.481. The maximum atomic E-state index is 13.2. The van der Waals surface area contributed by atoms with Crippen LogP contribution in [0.3, 0.4) is 0 Å². The van der Waals surface area contributed by atoms with Crippen LogP contribution < -0.4 is 0 Å². The number of carbonyl (C=O) groups excluding carboxylic acids is 1. The van der Waals surface area contributed by atoms with E-state index in [0.29, 0.717) is 11.5 Å². The molecule has 0 amide bonds. The second-order valence-electron chi connectivity index (χ2n) is 8.01. The lowest BCUT2D eigenvalue weighted by molar-refractivity contribution is 0.0468. The molecule has 1 aromatic carbocycles. The average molecular weight is 385 g/mol. The third kappa shape index (κ3) is 3.16. The van der Waals surface area contributed by atoms with Gasteiger partial charge in [-0.15, -0.1) is 0 Å². The Kier molecular flexibility index (Phi) is 4.31. The number of hydrogen-bond donors (Lipinski definition) is 0. The van der Waals surface area contributed by atoms with Crippen molar-refractivity contribution >= 4 is 22.5 Å². The van der Waals surface area contributed by atoms with Gasteiger partial charge in [0.25, 0.3) is 0 Å². The molecule has 5 heteroatoms. The van der Waals surface area contributed by atoms with Gasteiger partial charge in [-0.1, -0.05) is 31.2 Å². The third-order valence-corrected chi connectivity index (χ3v) is 5.79. The summed E-state index contributed by atoms with van der Waals surface area (Å²) in [6, 6.07) is 11.8. The van der Waals surface area contributed by atoms with Gasteiger partial charge < -0.3 is 9.14 Å². The third-order valence-electron chi connectivity index (χ3n) is 5.79. The monoisotopic (exact) mass is 385 g/mol. The molecule has 5 rings (SSSR count). The zero-order valence-electron chi connectivity index (χ0n) is 16.7. The molecule has 146 valence electrons. The topological polar surface area (TPSA) is 56.5 Å². The molecule has 0 spiro atoms. The van der Waals surface area contributed by atoms with Crippen molar-refractivity contribution in [2.24, 2.45) is 5.92 Å². The molecule has 3 heterocycles. The first-order chi connectivity index (χ1) is 14.1. The zero-order valence-corrected chi connectivity index (χ0v) is 16.7. The molecule has 0 N–H and O–H groups in total. The zero-order chi connectivity index (χ0) is 20.0. The summed E-state index contributed by atoms with van der Waals surface area (Å²) in [6.07, 6.45) is 6.75. The summed E-state index contributed by atoms with van der Waals surface area (Å²) in [5.74, 6) is 0.251. The fourth-order valence-corrected chi connectivity index (χ4v) is 4.28. The molecule has 1 aliphatic carbocycles. The Morgan fingerprint density at radius 1 is 1.21 bits per heavy atom. The molecular formula is C24H23N3O2. The highest BCUT2D eigenvalue weighted by Crippen LogP contribution is 2.32. The molecule has 0 fully saturated rings. The molecule has 29 heavy (non-hydrogen) atoms. The van der Waals surface area contributed by atoms with Gasteiger partial charge in [-0.2, -0.15) is 0 Å². The van der Waals surface area contributed by atoms with E-state index in [-0.39, 0.29) is 12.6 Å². The molecule has 0 aliphatic heterocycles. The van der Waals surface area contributed by atoms with Crippen LogP contribution in [-0.2, 0) is 24.2 Å². The molecule has 1 unspecified atom stereocenters. The van der Waals surface area contributed by atoms with Crippen molar-refractivity contribution < 1.29 is 9.53 Å². The van der Waals surface area contributed by atoms with Crippen LogP contribution in [0.1, 0.15) is 46.2 Å². The van der Waals surface area contributed by atoms with Crippen molar-refractivity contribution in [2.75, 3.05) is 0 Å². The molecule has 0 saturated heterocycles. The van der Waals surface area contributed by atoms with E-state index in [0.717, 1.165) is 58.3 Å². The first-order valence-electron chi connectivity index (χ1n) is 10.1. The van der Waals surface area contributed by atoms with Gasteiger partial charge in [0.15, 0.2) is 0 Å². The van der Waals surface area contributed by atoms with E-state index >= 15 is 0 Å². The fourth-order valence-electron chi connectivity index (χ4n) is 4.28. The minimum Gasteiger partial charge on any atom is -0.455 e. The van der Waals surface area contributed by atoms with E-state index in [1.807, 2.05) is 60.1 Å². The lowest BCUT2D eigenvalue weighted by Crippen LogP contribution is -2.19. The lowest BCUT2D eigenvalue weighted by atomic mass is 9.84. The Morgan fingerprint density at radius 2 is 2.07 bits per heavy atom. The molecule has 0 radical (unpaired) electrons. The van der Waals surface area contributed by atoms with E-state index in [4.69, 9.17) is 9.72 Å². The van der Waals surface area contributed by atoms with E-state index in [1.165, 1.54) is 0 Å². The predicted octanol–water partition coefficient (Wildman–Crippen LogP) is 4.67. The number of ether oxygens (including phenoxy) is 1. The maximum absolute atomic E-state index is 13.2. The highest BCUT2D eigenvalue weighted by molar-refractivity contribution is 6.05. The number of rotatable bonds is 3. The summed E-state index contributed by atoms with van der Waals surface area (Å²) in [5.41, 5.74) is 6.35. The van der Waals surface area contributed by atoms with Crippen LogP contribution in [-0.4, -0.2) is 20.3 Å². The van der Waals surface area contributed by atoms with Gasteiger partial charge in [-0.3, -0.25) is 4.98 Å². The summed E-state index contributed by atoms with van der Waals surface area (Å²) >= 11 is 0. The second-order valence-corrected chi connectivity index (χ2v) is 8.01. The Bertz CT molecular complexity index is 1240. The van der Waals surface area contributed by atoms with Crippen molar-refractivity contribution in [1.82, 2.24) is 14.4 Å². The van der Waals surface area contributed by atoms with Crippen LogP contribution in [0.4, 0.5) is 0 Å². The summed E-state index contributed by atoms with van der Waals surface area (Å²) in [5, 5.41) is 0.871. The summed E-state index contributed by atoms with van der Waals surface area (Å²) in [4.78, 5) is 22.6. The van der Waals surface area contributed by atoms with Crippen LogP contribution in [0.15, 0.2) is 48.8 Å². The molecule has 1 atom stereocenters. The van der Waals surface area contributed by atoms with Crippen LogP contribution >= 0.6 is 0 Å². The summed E-state index contributed by atoms with van der Waals surface area (Å²) < 4.78 is 7.71. The van der Waals surface area contributed by atoms with Gasteiger partial charge in [0.2, 0.25) is 0 Å². The first kappa shape index (κ1) is 17.9.